The number of halogens is 1. The molecule has 0 bridgehead atoms. The van der Waals surface area contributed by atoms with Gasteiger partial charge in [-0.1, -0.05) is 72.3 Å². The maximum Gasteiger partial charge on any atom is 0.282 e. The molecule has 4 rings (SSSR count). The van der Waals surface area contributed by atoms with Crippen molar-refractivity contribution < 1.29 is 0 Å². The monoisotopic (exact) mass is 373 g/mol. The fraction of sp³-hybridized carbons (Fsp3) is 0.0455. The van der Waals surface area contributed by atoms with Gasteiger partial charge in [-0.3, -0.25) is 4.79 Å². The molecule has 4 nitrogen and oxygen atoms in total. The maximum absolute atomic E-state index is 13.2. The largest absolute Gasteiger partial charge is 0.282 e. The van der Waals surface area contributed by atoms with E-state index < -0.39 is 0 Å². The molecule has 0 saturated heterocycles. The van der Waals surface area contributed by atoms with E-state index in [1.165, 1.54) is 4.68 Å². The van der Waals surface area contributed by atoms with Crippen molar-refractivity contribution in [1.82, 2.24) is 9.66 Å². The first-order valence-corrected chi connectivity index (χ1v) is 8.90. The number of aromatic nitrogens is 2. The molecule has 1 aromatic heterocycles. The lowest BCUT2D eigenvalue weighted by Crippen LogP contribution is -2.21. The van der Waals surface area contributed by atoms with Crippen LogP contribution < -0.4 is 5.56 Å². The number of nitrogens with zero attached hydrogens (tertiary/aromatic N) is 3. The summed E-state index contributed by atoms with van der Waals surface area (Å²) in [6, 6.07) is 24.4. The van der Waals surface area contributed by atoms with E-state index in [9.17, 15) is 4.79 Å². The predicted molar refractivity (Wildman–Crippen MR) is 111 cm³/mol. The summed E-state index contributed by atoms with van der Waals surface area (Å²) < 4.78 is 1.37. The predicted octanol–water partition coefficient (Wildman–Crippen LogP) is 4.99. The molecule has 0 aliphatic carbocycles. The van der Waals surface area contributed by atoms with Crippen molar-refractivity contribution in [2.24, 2.45) is 5.10 Å². The molecule has 0 amide bonds. The van der Waals surface area contributed by atoms with E-state index in [4.69, 9.17) is 11.6 Å². The van der Waals surface area contributed by atoms with Gasteiger partial charge in [0, 0.05) is 10.6 Å². The normalized spacial score (nSPS) is 11.7. The summed E-state index contributed by atoms with van der Waals surface area (Å²) >= 11 is 6.10. The van der Waals surface area contributed by atoms with Gasteiger partial charge in [-0.25, -0.2) is 4.98 Å². The Labute approximate surface area is 161 Å². The molecule has 1 heterocycles. The first-order chi connectivity index (χ1) is 13.1. The van der Waals surface area contributed by atoms with Crippen LogP contribution in [-0.2, 0) is 0 Å². The summed E-state index contributed by atoms with van der Waals surface area (Å²) in [4.78, 5) is 17.9. The molecule has 0 spiro atoms. The third-order valence-corrected chi connectivity index (χ3v) is 4.52. The molecular weight excluding hydrogens is 358 g/mol. The lowest BCUT2D eigenvalue weighted by molar-refractivity contribution is 0.824. The van der Waals surface area contributed by atoms with Gasteiger partial charge in [-0.15, -0.1) is 0 Å². The quantitative estimate of drug-likeness (QED) is 0.475. The van der Waals surface area contributed by atoms with Crippen molar-refractivity contribution in [3.05, 3.63) is 99.8 Å². The third-order valence-electron chi connectivity index (χ3n) is 4.28. The van der Waals surface area contributed by atoms with Gasteiger partial charge in [0.25, 0.3) is 5.56 Å². The highest BCUT2D eigenvalue weighted by molar-refractivity contribution is 6.31. The van der Waals surface area contributed by atoms with Crippen molar-refractivity contribution >= 4 is 28.2 Å². The van der Waals surface area contributed by atoms with E-state index in [-0.39, 0.29) is 5.56 Å². The number of rotatable bonds is 3. The molecular formula is C22H16ClN3O. The van der Waals surface area contributed by atoms with Gasteiger partial charge in [-0.2, -0.15) is 9.78 Å². The van der Waals surface area contributed by atoms with Gasteiger partial charge in [0.1, 0.15) is 0 Å². The molecule has 5 heteroatoms. The molecule has 0 fully saturated rings. The molecule has 3 aromatic carbocycles. The Balaban J connectivity index is 2.02. The highest BCUT2D eigenvalue weighted by Crippen LogP contribution is 2.21. The lowest BCUT2D eigenvalue weighted by atomic mass is 10.1. The Morgan fingerprint density at radius 3 is 2.33 bits per heavy atom. The zero-order valence-corrected chi connectivity index (χ0v) is 15.4. The van der Waals surface area contributed by atoms with Gasteiger partial charge in [0.15, 0.2) is 5.82 Å². The van der Waals surface area contributed by atoms with Gasteiger partial charge in [-0.05, 0) is 30.7 Å². The number of benzene rings is 3. The fourth-order valence-corrected chi connectivity index (χ4v) is 3.07. The van der Waals surface area contributed by atoms with Crippen molar-refractivity contribution in [2.45, 2.75) is 6.92 Å². The molecule has 0 aliphatic heterocycles. The minimum Gasteiger partial charge on any atom is -0.267 e. The minimum absolute atomic E-state index is 0.231. The second-order valence-corrected chi connectivity index (χ2v) is 6.57. The zero-order valence-electron chi connectivity index (χ0n) is 14.6. The van der Waals surface area contributed by atoms with Gasteiger partial charge in [0.2, 0.25) is 0 Å². The van der Waals surface area contributed by atoms with Gasteiger partial charge >= 0.3 is 0 Å². The fourth-order valence-electron chi connectivity index (χ4n) is 2.90. The van der Waals surface area contributed by atoms with Crippen LogP contribution in [0.15, 0.2) is 88.8 Å². The second-order valence-electron chi connectivity index (χ2n) is 6.13. The highest BCUT2D eigenvalue weighted by Gasteiger charge is 2.13. The molecule has 0 atom stereocenters. The summed E-state index contributed by atoms with van der Waals surface area (Å²) in [7, 11) is 0. The zero-order chi connectivity index (χ0) is 18.8. The van der Waals surface area contributed by atoms with Crippen LogP contribution in [0.3, 0.4) is 0 Å². The standard InChI is InChI=1S/C22H16ClN3O/c1-15(16-8-4-2-5-9-16)25-26-21(17-10-6-3-7-11-17)24-20-14-18(23)12-13-19(20)22(26)27/h2-14H,1H3/b25-15+. The Kier molecular flexibility index (Phi) is 4.57. The van der Waals surface area contributed by atoms with E-state index in [0.29, 0.717) is 21.7 Å². The van der Waals surface area contributed by atoms with Crippen LogP contribution in [0, 0.1) is 0 Å². The topological polar surface area (TPSA) is 47.2 Å². The van der Waals surface area contributed by atoms with Crippen LogP contribution in [-0.4, -0.2) is 15.4 Å². The Morgan fingerprint density at radius 1 is 0.963 bits per heavy atom. The minimum atomic E-state index is -0.231. The third kappa shape index (κ3) is 3.39. The van der Waals surface area contributed by atoms with E-state index in [1.54, 1.807) is 18.2 Å². The van der Waals surface area contributed by atoms with Crippen LogP contribution in [0.2, 0.25) is 5.02 Å². The number of hydrogen-bond donors (Lipinski definition) is 0. The van der Waals surface area contributed by atoms with E-state index in [0.717, 1.165) is 16.8 Å². The molecule has 132 valence electrons. The molecule has 0 radical (unpaired) electrons. The van der Waals surface area contributed by atoms with Crippen LogP contribution in [0.5, 0.6) is 0 Å². The van der Waals surface area contributed by atoms with Gasteiger partial charge < -0.3 is 0 Å². The van der Waals surface area contributed by atoms with E-state index in [2.05, 4.69) is 10.1 Å². The Hall–Kier alpha value is -3.24. The van der Waals surface area contributed by atoms with Crippen molar-refractivity contribution in [1.29, 1.82) is 0 Å². The second kappa shape index (κ2) is 7.17. The highest BCUT2D eigenvalue weighted by atomic mass is 35.5. The molecule has 27 heavy (non-hydrogen) atoms. The first-order valence-electron chi connectivity index (χ1n) is 8.52. The Morgan fingerprint density at radius 2 is 1.63 bits per heavy atom. The summed E-state index contributed by atoms with van der Waals surface area (Å²) in [5.41, 5.74) is 2.80. The average Bonchev–Trinajstić information content (AvgIpc) is 2.71. The molecule has 0 aliphatic rings. The molecule has 0 unspecified atom stereocenters. The maximum atomic E-state index is 13.2. The van der Waals surface area contributed by atoms with Crippen molar-refractivity contribution in [3.8, 4) is 11.4 Å². The Bertz CT molecular complexity index is 1200. The SMILES string of the molecule is C/C(=N\n1c(-c2ccccc2)nc2cc(Cl)ccc2c1=O)c1ccccc1. The van der Waals surface area contributed by atoms with Crippen molar-refractivity contribution in [3.63, 3.8) is 0 Å². The van der Waals surface area contributed by atoms with Crippen LogP contribution in [0.1, 0.15) is 12.5 Å². The first kappa shape index (κ1) is 17.2. The molecule has 0 saturated carbocycles. The van der Waals surface area contributed by atoms with Crippen LogP contribution >= 0.6 is 11.6 Å². The smallest absolute Gasteiger partial charge is 0.267 e. The molecule has 0 N–H and O–H groups in total. The summed E-state index contributed by atoms with van der Waals surface area (Å²) in [6.07, 6.45) is 0. The average molecular weight is 374 g/mol. The lowest BCUT2D eigenvalue weighted by Gasteiger charge is -2.11. The molecule has 4 aromatic rings. The number of fused-ring (bicyclic) bond motifs is 1. The van der Waals surface area contributed by atoms with E-state index in [1.807, 2.05) is 67.6 Å². The van der Waals surface area contributed by atoms with E-state index >= 15 is 0 Å². The van der Waals surface area contributed by atoms with Crippen LogP contribution in [0.25, 0.3) is 22.3 Å². The number of hydrogen-bond acceptors (Lipinski definition) is 3. The summed E-state index contributed by atoms with van der Waals surface area (Å²) in [5.74, 6) is 0.477. The van der Waals surface area contributed by atoms with Gasteiger partial charge in [0.05, 0.1) is 16.6 Å². The summed E-state index contributed by atoms with van der Waals surface area (Å²) in [5, 5.41) is 5.62. The van der Waals surface area contributed by atoms with Crippen LogP contribution in [0.4, 0.5) is 0 Å². The van der Waals surface area contributed by atoms with Crippen molar-refractivity contribution in [2.75, 3.05) is 0 Å². The summed E-state index contributed by atoms with van der Waals surface area (Å²) in [6.45, 7) is 1.88.